The number of benzene rings is 1. The van der Waals surface area contributed by atoms with E-state index in [9.17, 15) is 9.18 Å². The van der Waals surface area contributed by atoms with Crippen molar-refractivity contribution in [2.24, 2.45) is 0 Å². The smallest absolute Gasteiger partial charge is 0.304 e. The number of aliphatic carboxylic acids is 1. The second kappa shape index (κ2) is 8.11. The van der Waals surface area contributed by atoms with Crippen molar-refractivity contribution >= 4 is 5.97 Å². The van der Waals surface area contributed by atoms with Crippen LogP contribution in [0.25, 0.3) is 0 Å². The molecular weight excluding hydrogens is 271 g/mol. The van der Waals surface area contributed by atoms with E-state index in [0.29, 0.717) is 12.4 Å². The summed E-state index contributed by atoms with van der Waals surface area (Å²) in [4.78, 5) is 10.8. The first-order valence-corrected chi connectivity index (χ1v) is 6.63. The maximum absolute atomic E-state index is 14.1. The third kappa shape index (κ3) is 5.70. The fourth-order valence-corrected chi connectivity index (χ4v) is 1.77. The van der Waals surface area contributed by atoms with E-state index in [2.05, 4.69) is 11.8 Å². The van der Waals surface area contributed by atoms with E-state index >= 15 is 0 Å². The maximum atomic E-state index is 14.1. The molecule has 21 heavy (non-hydrogen) atoms. The molecule has 0 spiro atoms. The highest BCUT2D eigenvalue weighted by atomic mass is 19.1. The number of carboxylic acids is 1. The Bertz CT molecular complexity index is 590. The fraction of sp³-hybridized carbons (Fsp3) is 0.353. The second-order valence-electron chi connectivity index (χ2n) is 4.82. The third-order valence-corrected chi connectivity index (χ3v) is 2.79. The van der Waals surface area contributed by atoms with E-state index in [0.717, 1.165) is 5.57 Å². The summed E-state index contributed by atoms with van der Waals surface area (Å²) >= 11 is 0. The van der Waals surface area contributed by atoms with Crippen LogP contribution in [0.1, 0.15) is 38.7 Å². The highest BCUT2D eigenvalue weighted by Crippen LogP contribution is 2.25. The zero-order chi connectivity index (χ0) is 15.8. The van der Waals surface area contributed by atoms with E-state index < -0.39 is 17.7 Å². The molecule has 0 amide bonds. The molecule has 0 aliphatic heterocycles. The van der Waals surface area contributed by atoms with Gasteiger partial charge in [-0.05, 0) is 32.9 Å². The molecule has 1 rings (SSSR count). The van der Waals surface area contributed by atoms with Crippen LogP contribution in [-0.4, -0.2) is 17.7 Å². The Morgan fingerprint density at radius 1 is 1.48 bits per heavy atom. The number of halogens is 1. The quantitative estimate of drug-likeness (QED) is 0.641. The summed E-state index contributed by atoms with van der Waals surface area (Å²) in [6.07, 6.45) is 1.66. The Balaban J connectivity index is 2.91. The molecule has 0 aliphatic carbocycles. The molecule has 1 aromatic carbocycles. The minimum Gasteiger partial charge on any atom is -0.489 e. The molecular formula is C17H19FO3. The van der Waals surface area contributed by atoms with Gasteiger partial charge in [0.1, 0.15) is 18.2 Å². The van der Waals surface area contributed by atoms with Crippen molar-refractivity contribution < 1.29 is 19.0 Å². The largest absolute Gasteiger partial charge is 0.489 e. The molecule has 0 bridgehead atoms. The number of carbonyl (C=O) groups is 1. The van der Waals surface area contributed by atoms with Gasteiger partial charge in [0.15, 0.2) is 0 Å². The van der Waals surface area contributed by atoms with Crippen molar-refractivity contribution in [1.82, 2.24) is 0 Å². The van der Waals surface area contributed by atoms with Crippen LogP contribution < -0.4 is 4.74 Å². The van der Waals surface area contributed by atoms with E-state index in [1.807, 2.05) is 19.9 Å². The predicted molar refractivity (Wildman–Crippen MR) is 79.8 cm³/mol. The van der Waals surface area contributed by atoms with Crippen LogP contribution in [0.15, 0.2) is 29.8 Å². The molecule has 3 nitrogen and oxygen atoms in total. The molecule has 0 fully saturated rings. The third-order valence-electron chi connectivity index (χ3n) is 2.79. The molecule has 0 unspecified atom stereocenters. The van der Waals surface area contributed by atoms with Crippen LogP contribution in [0, 0.1) is 17.7 Å². The second-order valence-corrected chi connectivity index (χ2v) is 4.82. The summed E-state index contributed by atoms with van der Waals surface area (Å²) in [5.74, 6) is 3.62. The van der Waals surface area contributed by atoms with Crippen LogP contribution in [0.4, 0.5) is 4.39 Å². The Morgan fingerprint density at radius 3 is 2.71 bits per heavy atom. The topological polar surface area (TPSA) is 46.5 Å². The lowest BCUT2D eigenvalue weighted by atomic mass is 9.95. The molecule has 1 N–H and O–H groups in total. The van der Waals surface area contributed by atoms with Crippen molar-refractivity contribution in [2.45, 2.75) is 33.1 Å². The SMILES string of the molecule is CC#C[C@@H](CC(=O)O)c1ccc(OCC=C(C)C)cc1F. The molecule has 0 saturated heterocycles. The number of rotatable bonds is 6. The van der Waals surface area contributed by atoms with Crippen LogP contribution in [-0.2, 0) is 4.79 Å². The molecule has 0 radical (unpaired) electrons. The van der Waals surface area contributed by atoms with Gasteiger partial charge in [-0.2, -0.15) is 0 Å². The van der Waals surface area contributed by atoms with Gasteiger partial charge in [-0.3, -0.25) is 4.79 Å². The first-order chi connectivity index (χ1) is 9.93. The van der Waals surface area contributed by atoms with Gasteiger partial charge < -0.3 is 9.84 Å². The van der Waals surface area contributed by atoms with Gasteiger partial charge in [-0.15, -0.1) is 5.92 Å². The highest BCUT2D eigenvalue weighted by molar-refractivity contribution is 5.69. The van der Waals surface area contributed by atoms with Crippen molar-refractivity contribution in [2.75, 3.05) is 6.61 Å². The standard InChI is InChI=1S/C17H19FO3/c1-4-5-13(10-17(19)20)15-7-6-14(11-16(15)18)21-9-8-12(2)3/h6-8,11,13H,9-10H2,1-3H3,(H,19,20)/t13-/m0/s1. The van der Waals surface area contributed by atoms with Gasteiger partial charge in [-0.1, -0.05) is 17.6 Å². The molecule has 112 valence electrons. The monoisotopic (exact) mass is 290 g/mol. The van der Waals surface area contributed by atoms with Gasteiger partial charge in [-0.25, -0.2) is 4.39 Å². The number of carboxylic acid groups (broad SMARTS) is 1. The maximum Gasteiger partial charge on any atom is 0.304 e. The number of hydrogen-bond donors (Lipinski definition) is 1. The summed E-state index contributed by atoms with van der Waals surface area (Å²) in [5.41, 5.74) is 1.40. The van der Waals surface area contributed by atoms with Crippen LogP contribution >= 0.6 is 0 Å². The number of ether oxygens (including phenoxy) is 1. The van der Waals surface area contributed by atoms with E-state index in [-0.39, 0.29) is 12.0 Å². The number of allylic oxidation sites excluding steroid dienone is 1. The van der Waals surface area contributed by atoms with Crippen LogP contribution in [0.5, 0.6) is 5.75 Å². The minimum absolute atomic E-state index is 0.226. The van der Waals surface area contributed by atoms with Gasteiger partial charge in [0.25, 0.3) is 0 Å². The highest BCUT2D eigenvalue weighted by Gasteiger charge is 2.17. The molecule has 0 heterocycles. The minimum atomic E-state index is -1.01. The van der Waals surface area contributed by atoms with Crippen LogP contribution in [0.3, 0.4) is 0 Å². The van der Waals surface area contributed by atoms with E-state index in [1.54, 1.807) is 13.0 Å². The zero-order valence-corrected chi connectivity index (χ0v) is 12.4. The van der Waals surface area contributed by atoms with E-state index in [1.165, 1.54) is 12.1 Å². The summed E-state index contributed by atoms with van der Waals surface area (Å²) in [6, 6.07) is 4.43. The summed E-state index contributed by atoms with van der Waals surface area (Å²) < 4.78 is 19.5. The lowest BCUT2D eigenvalue weighted by molar-refractivity contribution is -0.137. The summed E-state index contributed by atoms with van der Waals surface area (Å²) in [6.45, 7) is 5.87. The molecule has 1 atom stereocenters. The average Bonchev–Trinajstić information content (AvgIpc) is 2.37. The lowest BCUT2D eigenvalue weighted by Crippen LogP contribution is -2.07. The van der Waals surface area contributed by atoms with Crippen LogP contribution in [0.2, 0.25) is 0 Å². The molecule has 0 aromatic heterocycles. The van der Waals surface area contributed by atoms with Crippen molar-refractivity contribution in [3.63, 3.8) is 0 Å². The fourth-order valence-electron chi connectivity index (χ4n) is 1.77. The van der Waals surface area contributed by atoms with Gasteiger partial charge in [0, 0.05) is 11.6 Å². The number of hydrogen-bond acceptors (Lipinski definition) is 2. The summed E-state index contributed by atoms with van der Waals surface area (Å²) in [7, 11) is 0. The van der Waals surface area contributed by atoms with Gasteiger partial charge in [0.2, 0.25) is 0 Å². The Morgan fingerprint density at radius 2 is 2.19 bits per heavy atom. The normalized spacial score (nSPS) is 11.0. The first kappa shape index (κ1) is 16.8. The van der Waals surface area contributed by atoms with Gasteiger partial charge >= 0.3 is 5.97 Å². The summed E-state index contributed by atoms with van der Waals surface area (Å²) in [5, 5.41) is 8.86. The lowest BCUT2D eigenvalue weighted by Gasteiger charge is -2.11. The predicted octanol–water partition coefficient (Wildman–Crippen LogP) is 3.75. The molecule has 4 heteroatoms. The zero-order valence-electron chi connectivity index (χ0n) is 12.4. The molecule has 0 saturated carbocycles. The van der Waals surface area contributed by atoms with Crippen molar-refractivity contribution in [3.8, 4) is 17.6 Å². The average molecular weight is 290 g/mol. The molecule has 1 aromatic rings. The Labute approximate surface area is 124 Å². The van der Waals surface area contributed by atoms with E-state index in [4.69, 9.17) is 9.84 Å². The Kier molecular flexibility index (Phi) is 6.48. The first-order valence-electron chi connectivity index (χ1n) is 6.63. The Hall–Kier alpha value is -2.28. The molecule has 0 aliphatic rings. The van der Waals surface area contributed by atoms with Crippen molar-refractivity contribution in [3.05, 3.63) is 41.2 Å². The van der Waals surface area contributed by atoms with Gasteiger partial charge in [0.05, 0.1) is 12.3 Å². The van der Waals surface area contributed by atoms with Crippen molar-refractivity contribution in [1.29, 1.82) is 0 Å².